The summed E-state index contributed by atoms with van der Waals surface area (Å²) >= 11 is 2.75. The number of rotatable bonds is 2. The summed E-state index contributed by atoms with van der Waals surface area (Å²) in [6, 6.07) is 1.70. The number of hydrogen-bond acceptors (Lipinski definition) is 7. The minimum atomic E-state index is 0.460. The Kier molecular flexibility index (Phi) is 2.37. The molecule has 2 rings (SSSR count). The zero-order valence-electron chi connectivity index (χ0n) is 6.41. The predicted octanol–water partition coefficient (Wildman–Crippen LogP) is 1.06. The van der Waals surface area contributed by atoms with E-state index in [9.17, 15) is 0 Å². The first-order valence-corrected chi connectivity index (χ1v) is 4.95. The third-order valence-electron chi connectivity index (χ3n) is 1.20. The van der Waals surface area contributed by atoms with E-state index < -0.39 is 0 Å². The Morgan fingerprint density at radius 3 is 2.85 bits per heavy atom. The Morgan fingerprint density at radius 1 is 1.23 bits per heavy atom. The lowest BCUT2D eigenvalue weighted by atomic mass is 10.6. The normalized spacial score (nSPS) is 10.2. The molecule has 2 heterocycles. The zero-order chi connectivity index (χ0) is 9.10. The van der Waals surface area contributed by atoms with Crippen LogP contribution in [-0.2, 0) is 0 Å². The Labute approximate surface area is 82.6 Å². The molecule has 13 heavy (non-hydrogen) atoms. The molecule has 2 aromatic heterocycles. The lowest BCUT2D eigenvalue weighted by molar-refractivity contribution is 1.05. The number of nitrogen functional groups attached to an aromatic ring is 1. The molecule has 66 valence electrons. The van der Waals surface area contributed by atoms with E-state index in [4.69, 9.17) is 5.73 Å². The van der Waals surface area contributed by atoms with Crippen LogP contribution in [0.2, 0.25) is 0 Å². The molecule has 0 atom stereocenters. The van der Waals surface area contributed by atoms with Crippen LogP contribution in [0.4, 0.5) is 5.82 Å². The molecule has 0 spiro atoms. The van der Waals surface area contributed by atoms with Crippen LogP contribution in [-0.4, -0.2) is 19.3 Å². The van der Waals surface area contributed by atoms with Crippen LogP contribution in [0.5, 0.6) is 0 Å². The van der Waals surface area contributed by atoms with Crippen molar-refractivity contribution in [2.45, 2.75) is 9.37 Å². The fourth-order valence-electron chi connectivity index (χ4n) is 0.707. The highest BCUT2D eigenvalue weighted by Crippen LogP contribution is 2.26. The fraction of sp³-hybridized carbons (Fsp3) is 0. The summed E-state index contributed by atoms with van der Waals surface area (Å²) in [6.07, 6.45) is 2.94. The van der Waals surface area contributed by atoms with Gasteiger partial charge in [-0.2, -0.15) is 4.37 Å². The van der Waals surface area contributed by atoms with Gasteiger partial charge in [0.25, 0.3) is 0 Å². The number of nitrogens with zero attached hydrogens (tertiary/aromatic N) is 4. The van der Waals surface area contributed by atoms with Gasteiger partial charge in [-0.1, -0.05) is 0 Å². The average Bonchev–Trinajstić information content (AvgIpc) is 2.57. The maximum Gasteiger partial charge on any atom is 0.175 e. The van der Waals surface area contributed by atoms with Gasteiger partial charge in [0.1, 0.15) is 23.5 Å². The van der Waals surface area contributed by atoms with Crippen LogP contribution in [0.15, 0.2) is 28.1 Å². The first kappa shape index (κ1) is 8.39. The van der Waals surface area contributed by atoms with Gasteiger partial charge in [-0.3, -0.25) is 0 Å². The summed E-state index contributed by atoms with van der Waals surface area (Å²) in [4.78, 5) is 11.8. The van der Waals surface area contributed by atoms with Crippen LogP contribution in [0.25, 0.3) is 0 Å². The lowest BCUT2D eigenvalue weighted by Crippen LogP contribution is -1.90. The molecule has 7 heteroatoms. The standard InChI is InChI=1S/C6H5N5S2/c7-4-1-5(9-2-8-4)12-6-10-3-11-13-6/h1-3H,(H2,7,8,9). The van der Waals surface area contributed by atoms with Crippen molar-refractivity contribution in [3.8, 4) is 0 Å². The maximum absolute atomic E-state index is 5.49. The van der Waals surface area contributed by atoms with Crippen LogP contribution >= 0.6 is 23.3 Å². The Hall–Kier alpha value is -1.21. The van der Waals surface area contributed by atoms with Crippen molar-refractivity contribution in [1.29, 1.82) is 0 Å². The van der Waals surface area contributed by atoms with Crippen molar-refractivity contribution in [3.05, 3.63) is 18.7 Å². The second-order valence-corrected chi connectivity index (χ2v) is 4.14. The molecule has 0 aliphatic heterocycles. The molecule has 0 amide bonds. The van der Waals surface area contributed by atoms with Gasteiger partial charge in [-0.05, 0) is 23.3 Å². The molecule has 0 radical (unpaired) electrons. The summed E-state index contributed by atoms with van der Waals surface area (Å²) in [5, 5.41) is 0.782. The average molecular weight is 211 g/mol. The molecular weight excluding hydrogens is 206 g/mol. The van der Waals surface area contributed by atoms with Gasteiger partial charge < -0.3 is 5.73 Å². The largest absolute Gasteiger partial charge is 0.384 e. The topological polar surface area (TPSA) is 77.6 Å². The Balaban J connectivity index is 2.19. The van der Waals surface area contributed by atoms with Crippen molar-refractivity contribution < 1.29 is 0 Å². The lowest BCUT2D eigenvalue weighted by Gasteiger charge is -1.95. The van der Waals surface area contributed by atoms with E-state index in [1.165, 1.54) is 35.9 Å². The molecule has 0 saturated heterocycles. The van der Waals surface area contributed by atoms with Gasteiger partial charge in [-0.25, -0.2) is 15.0 Å². The molecule has 5 nitrogen and oxygen atoms in total. The molecule has 0 aliphatic carbocycles. The quantitative estimate of drug-likeness (QED) is 0.748. The molecule has 0 saturated carbocycles. The molecule has 0 aromatic carbocycles. The maximum atomic E-state index is 5.49. The van der Waals surface area contributed by atoms with Crippen LogP contribution in [0.1, 0.15) is 0 Å². The van der Waals surface area contributed by atoms with E-state index in [2.05, 4.69) is 19.3 Å². The van der Waals surface area contributed by atoms with Crippen LogP contribution in [0, 0.1) is 0 Å². The van der Waals surface area contributed by atoms with E-state index in [1.54, 1.807) is 6.07 Å². The second-order valence-electron chi connectivity index (χ2n) is 2.09. The second kappa shape index (κ2) is 3.67. The summed E-state index contributed by atoms with van der Waals surface area (Å²) in [5.74, 6) is 0.460. The third kappa shape index (κ3) is 2.13. The van der Waals surface area contributed by atoms with Gasteiger partial charge >= 0.3 is 0 Å². The van der Waals surface area contributed by atoms with E-state index >= 15 is 0 Å². The third-order valence-corrected chi connectivity index (χ3v) is 2.84. The first-order chi connectivity index (χ1) is 6.34. The smallest absolute Gasteiger partial charge is 0.175 e. The van der Waals surface area contributed by atoms with E-state index in [0.717, 1.165) is 9.37 Å². The van der Waals surface area contributed by atoms with Crippen molar-refractivity contribution in [3.63, 3.8) is 0 Å². The Morgan fingerprint density at radius 2 is 2.15 bits per heavy atom. The number of hydrogen-bond donors (Lipinski definition) is 1. The highest BCUT2D eigenvalue weighted by atomic mass is 32.2. The zero-order valence-corrected chi connectivity index (χ0v) is 8.05. The molecule has 0 fully saturated rings. The molecule has 0 bridgehead atoms. The highest BCUT2D eigenvalue weighted by molar-refractivity contribution is 8.00. The minimum Gasteiger partial charge on any atom is -0.384 e. The van der Waals surface area contributed by atoms with E-state index in [0.29, 0.717) is 5.82 Å². The molecular formula is C6H5N5S2. The SMILES string of the molecule is Nc1cc(Sc2ncns2)ncn1. The van der Waals surface area contributed by atoms with E-state index in [1.807, 2.05) is 0 Å². The number of anilines is 1. The molecule has 2 aromatic rings. The number of aromatic nitrogens is 4. The van der Waals surface area contributed by atoms with E-state index in [-0.39, 0.29) is 0 Å². The van der Waals surface area contributed by atoms with Crippen LogP contribution < -0.4 is 5.73 Å². The van der Waals surface area contributed by atoms with Gasteiger partial charge in [-0.15, -0.1) is 0 Å². The van der Waals surface area contributed by atoms with Crippen molar-refractivity contribution in [2.75, 3.05) is 5.73 Å². The van der Waals surface area contributed by atoms with Gasteiger partial charge in [0.05, 0.1) is 0 Å². The summed E-state index contributed by atoms with van der Waals surface area (Å²) in [6.45, 7) is 0. The predicted molar refractivity (Wildman–Crippen MR) is 50.5 cm³/mol. The minimum absolute atomic E-state index is 0.460. The summed E-state index contributed by atoms with van der Waals surface area (Å²) in [5.41, 5.74) is 5.49. The molecule has 0 unspecified atom stereocenters. The number of nitrogens with two attached hydrogens (primary N) is 1. The molecule has 2 N–H and O–H groups in total. The van der Waals surface area contributed by atoms with Crippen LogP contribution in [0.3, 0.4) is 0 Å². The molecule has 0 aliphatic rings. The van der Waals surface area contributed by atoms with Gasteiger partial charge in [0.15, 0.2) is 4.34 Å². The monoisotopic (exact) mass is 211 g/mol. The Bertz CT molecular complexity index is 388. The summed E-state index contributed by atoms with van der Waals surface area (Å²) < 4.78 is 4.72. The van der Waals surface area contributed by atoms with Crippen molar-refractivity contribution in [2.24, 2.45) is 0 Å². The van der Waals surface area contributed by atoms with Crippen molar-refractivity contribution in [1.82, 2.24) is 19.3 Å². The van der Waals surface area contributed by atoms with Gasteiger partial charge in [0.2, 0.25) is 0 Å². The highest BCUT2D eigenvalue weighted by Gasteiger charge is 2.01. The first-order valence-electron chi connectivity index (χ1n) is 3.36. The van der Waals surface area contributed by atoms with Gasteiger partial charge in [0, 0.05) is 6.07 Å². The fourth-order valence-corrected chi connectivity index (χ4v) is 2.08. The summed E-state index contributed by atoms with van der Waals surface area (Å²) in [7, 11) is 0. The van der Waals surface area contributed by atoms with Crippen molar-refractivity contribution >= 4 is 29.1 Å².